The fourth-order valence-corrected chi connectivity index (χ4v) is 3.17. The molecule has 1 aliphatic carbocycles. The minimum Gasteiger partial charge on any atom is -0.398 e. The molecule has 1 aliphatic rings. The van der Waals surface area contributed by atoms with Gasteiger partial charge in [0.2, 0.25) is 10.0 Å². The Balaban J connectivity index is 2.29. The van der Waals surface area contributed by atoms with E-state index in [4.69, 9.17) is 5.73 Å². The van der Waals surface area contributed by atoms with Crippen LogP contribution in [-0.4, -0.2) is 26.3 Å². The molecule has 0 bridgehead atoms. The Hall–Kier alpha value is -1.07. The van der Waals surface area contributed by atoms with Crippen LogP contribution in [0.1, 0.15) is 18.4 Å². The number of sulfonamides is 1. The molecule has 0 saturated heterocycles. The maximum Gasteiger partial charge on any atom is 0.244 e. The lowest BCUT2D eigenvalue weighted by atomic mass is 10.2. The first-order chi connectivity index (χ1) is 7.91. The summed E-state index contributed by atoms with van der Waals surface area (Å²) in [7, 11) is -1.82. The molecule has 0 aromatic heterocycles. The summed E-state index contributed by atoms with van der Waals surface area (Å²) in [5, 5.41) is 0. The molecule has 0 heterocycles. The van der Waals surface area contributed by atoms with E-state index in [9.17, 15) is 8.42 Å². The molecular formula is C12H18N2O2S. The van der Waals surface area contributed by atoms with Crippen molar-refractivity contribution >= 4 is 15.7 Å². The van der Waals surface area contributed by atoms with E-state index in [1.807, 2.05) is 6.92 Å². The van der Waals surface area contributed by atoms with Gasteiger partial charge in [0.1, 0.15) is 4.90 Å². The summed E-state index contributed by atoms with van der Waals surface area (Å²) in [5.41, 5.74) is 7.08. The number of anilines is 1. The summed E-state index contributed by atoms with van der Waals surface area (Å²) >= 11 is 0. The van der Waals surface area contributed by atoms with Gasteiger partial charge < -0.3 is 5.73 Å². The van der Waals surface area contributed by atoms with Crippen LogP contribution in [0.2, 0.25) is 0 Å². The van der Waals surface area contributed by atoms with E-state index in [-0.39, 0.29) is 4.90 Å². The van der Waals surface area contributed by atoms with Crippen molar-refractivity contribution < 1.29 is 8.42 Å². The quantitative estimate of drug-likeness (QED) is 0.830. The van der Waals surface area contributed by atoms with Crippen molar-refractivity contribution in [3.63, 3.8) is 0 Å². The average molecular weight is 254 g/mol. The van der Waals surface area contributed by atoms with Gasteiger partial charge in [0, 0.05) is 13.6 Å². The van der Waals surface area contributed by atoms with E-state index in [1.54, 1.807) is 25.2 Å². The topological polar surface area (TPSA) is 63.4 Å². The molecule has 1 aromatic carbocycles. The first-order valence-electron chi connectivity index (χ1n) is 5.73. The molecule has 1 fully saturated rings. The highest BCUT2D eigenvalue weighted by molar-refractivity contribution is 7.89. The summed E-state index contributed by atoms with van der Waals surface area (Å²) in [4.78, 5) is 0.214. The minimum atomic E-state index is -3.43. The number of aryl methyl sites for hydroxylation is 1. The lowest BCUT2D eigenvalue weighted by molar-refractivity contribution is 0.453. The number of rotatable bonds is 4. The molecule has 0 unspecified atom stereocenters. The summed E-state index contributed by atoms with van der Waals surface area (Å²) in [6, 6.07) is 5.05. The molecule has 2 rings (SSSR count). The van der Waals surface area contributed by atoms with Crippen LogP contribution in [0.4, 0.5) is 5.69 Å². The van der Waals surface area contributed by atoms with Crippen LogP contribution in [0.25, 0.3) is 0 Å². The van der Waals surface area contributed by atoms with Gasteiger partial charge in [-0.3, -0.25) is 0 Å². The van der Waals surface area contributed by atoms with E-state index >= 15 is 0 Å². The second-order valence-corrected chi connectivity index (χ2v) is 6.78. The summed E-state index contributed by atoms with van der Waals surface area (Å²) in [6.07, 6.45) is 2.26. The normalized spacial score (nSPS) is 16.4. The van der Waals surface area contributed by atoms with Crippen molar-refractivity contribution in [2.24, 2.45) is 5.92 Å². The molecule has 1 aromatic rings. The van der Waals surface area contributed by atoms with Crippen LogP contribution < -0.4 is 5.73 Å². The highest BCUT2D eigenvalue weighted by Crippen LogP contribution is 2.31. The maximum atomic E-state index is 12.3. The number of nitrogens with zero attached hydrogens (tertiary/aromatic N) is 1. The number of benzene rings is 1. The third-order valence-electron chi connectivity index (χ3n) is 3.07. The third kappa shape index (κ3) is 2.61. The van der Waals surface area contributed by atoms with Gasteiger partial charge in [-0.05, 0) is 43.4 Å². The molecule has 1 saturated carbocycles. The number of nitrogen functional groups attached to an aromatic ring is 1. The van der Waals surface area contributed by atoms with Crippen LogP contribution in [0, 0.1) is 12.8 Å². The van der Waals surface area contributed by atoms with E-state index in [2.05, 4.69) is 0 Å². The standard InChI is InChI=1S/C12H18N2O2S/c1-9-3-6-12(11(13)7-9)17(15,16)14(2)8-10-4-5-10/h3,6-7,10H,4-5,8,13H2,1-2H3. The van der Waals surface area contributed by atoms with Crippen molar-refractivity contribution in [3.05, 3.63) is 23.8 Å². The van der Waals surface area contributed by atoms with Crippen LogP contribution in [0.15, 0.2) is 23.1 Å². The second kappa shape index (κ2) is 4.31. The Morgan fingerprint density at radius 3 is 2.59 bits per heavy atom. The Bertz CT molecular complexity index is 521. The lowest BCUT2D eigenvalue weighted by Crippen LogP contribution is -2.29. The summed E-state index contributed by atoms with van der Waals surface area (Å²) < 4.78 is 26.0. The first kappa shape index (κ1) is 12.4. The van der Waals surface area contributed by atoms with Crippen molar-refractivity contribution in [1.29, 1.82) is 0 Å². The maximum absolute atomic E-state index is 12.3. The predicted octanol–water partition coefficient (Wildman–Crippen LogP) is 1.61. The van der Waals surface area contributed by atoms with Crippen molar-refractivity contribution in [2.45, 2.75) is 24.7 Å². The molecular weight excluding hydrogens is 236 g/mol. The SMILES string of the molecule is Cc1ccc(S(=O)(=O)N(C)CC2CC2)c(N)c1. The molecule has 0 spiro atoms. The van der Waals surface area contributed by atoms with Crippen LogP contribution >= 0.6 is 0 Å². The van der Waals surface area contributed by atoms with Gasteiger partial charge >= 0.3 is 0 Å². The molecule has 0 amide bonds. The van der Waals surface area contributed by atoms with Crippen LogP contribution in [-0.2, 0) is 10.0 Å². The molecule has 4 nitrogen and oxygen atoms in total. The molecule has 0 atom stereocenters. The van der Waals surface area contributed by atoms with Gasteiger partial charge in [-0.25, -0.2) is 12.7 Å². The van der Waals surface area contributed by atoms with Gasteiger partial charge in [0.15, 0.2) is 0 Å². The number of nitrogens with two attached hydrogens (primary N) is 1. The van der Waals surface area contributed by atoms with Gasteiger partial charge in [0.05, 0.1) is 5.69 Å². The van der Waals surface area contributed by atoms with E-state index < -0.39 is 10.0 Å². The van der Waals surface area contributed by atoms with Crippen molar-refractivity contribution in [2.75, 3.05) is 19.3 Å². The third-order valence-corrected chi connectivity index (χ3v) is 4.96. The zero-order valence-electron chi connectivity index (χ0n) is 10.2. The van der Waals surface area contributed by atoms with Gasteiger partial charge in [0.25, 0.3) is 0 Å². The molecule has 17 heavy (non-hydrogen) atoms. The van der Waals surface area contributed by atoms with Crippen LogP contribution in [0.5, 0.6) is 0 Å². The fourth-order valence-electron chi connectivity index (χ4n) is 1.83. The molecule has 2 N–H and O–H groups in total. The molecule has 0 radical (unpaired) electrons. The monoisotopic (exact) mass is 254 g/mol. The Labute approximate surface area is 102 Å². The summed E-state index contributed by atoms with van der Waals surface area (Å²) in [5.74, 6) is 0.529. The largest absolute Gasteiger partial charge is 0.398 e. The van der Waals surface area contributed by atoms with E-state index in [0.29, 0.717) is 18.2 Å². The van der Waals surface area contributed by atoms with E-state index in [1.165, 1.54) is 4.31 Å². The van der Waals surface area contributed by atoms with Gasteiger partial charge in [-0.15, -0.1) is 0 Å². The number of hydrogen-bond acceptors (Lipinski definition) is 3. The molecule has 0 aliphatic heterocycles. The van der Waals surface area contributed by atoms with Crippen molar-refractivity contribution in [3.8, 4) is 0 Å². The minimum absolute atomic E-state index is 0.214. The predicted molar refractivity (Wildman–Crippen MR) is 68.1 cm³/mol. The fraction of sp³-hybridized carbons (Fsp3) is 0.500. The van der Waals surface area contributed by atoms with Crippen LogP contribution in [0.3, 0.4) is 0 Å². The smallest absolute Gasteiger partial charge is 0.244 e. The first-order valence-corrected chi connectivity index (χ1v) is 7.17. The highest BCUT2D eigenvalue weighted by Gasteiger charge is 2.30. The summed E-state index contributed by atoms with van der Waals surface area (Å²) in [6.45, 7) is 2.48. The number of hydrogen-bond donors (Lipinski definition) is 1. The van der Waals surface area contributed by atoms with E-state index in [0.717, 1.165) is 18.4 Å². The highest BCUT2D eigenvalue weighted by atomic mass is 32.2. The second-order valence-electron chi connectivity index (χ2n) is 4.77. The lowest BCUT2D eigenvalue weighted by Gasteiger charge is -2.18. The zero-order chi connectivity index (χ0) is 12.6. The molecule has 94 valence electrons. The zero-order valence-corrected chi connectivity index (χ0v) is 11.0. The Kier molecular flexibility index (Phi) is 3.14. The Morgan fingerprint density at radius 2 is 2.06 bits per heavy atom. The van der Waals surface area contributed by atoms with Gasteiger partial charge in [-0.1, -0.05) is 6.07 Å². The molecule has 5 heteroatoms. The Morgan fingerprint density at radius 1 is 1.41 bits per heavy atom. The average Bonchev–Trinajstić information content (AvgIpc) is 3.00. The van der Waals surface area contributed by atoms with Gasteiger partial charge in [-0.2, -0.15) is 0 Å². The van der Waals surface area contributed by atoms with Crippen molar-refractivity contribution in [1.82, 2.24) is 4.31 Å².